The third kappa shape index (κ3) is 7.29. The van der Waals surface area contributed by atoms with Crippen LogP contribution in [0.4, 0.5) is 0 Å². The van der Waals surface area contributed by atoms with Gasteiger partial charge in [0.2, 0.25) is 0 Å². The van der Waals surface area contributed by atoms with Gasteiger partial charge in [-0.15, -0.1) is 24.0 Å². The third-order valence-electron chi connectivity index (χ3n) is 4.57. The van der Waals surface area contributed by atoms with Gasteiger partial charge in [0.1, 0.15) is 0 Å². The lowest BCUT2D eigenvalue weighted by molar-refractivity contribution is -0.149. The number of guanidine groups is 1. The van der Waals surface area contributed by atoms with Crippen molar-refractivity contribution in [2.24, 2.45) is 10.9 Å². The summed E-state index contributed by atoms with van der Waals surface area (Å²) in [5.74, 6) is 0.646. The van der Waals surface area contributed by atoms with Gasteiger partial charge in [-0.1, -0.05) is 24.3 Å². The van der Waals surface area contributed by atoms with E-state index in [9.17, 15) is 4.79 Å². The van der Waals surface area contributed by atoms with E-state index in [0.717, 1.165) is 25.3 Å². The fourth-order valence-corrected chi connectivity index (χ4v) is 3.21. The summed E-state index contributed by atoms with van der Waals surface area (Å²) in [4.78, 5) is 18.6. The molecule has 0 radical (unpaired) electrons. The number of nitrogens with one attached hydrogen (secondary N) is 1. The number of hydrogen-bond acceptors (Lipinski definition) is 4. The minimum Gasteiger partial charge on any atom is -0.466 e. The number of esters is 1. The molecule has 7 heteroatoms. The van der Waals surface area contributed by atoms with Crippen LogP contribution < -0.4 is 5.32 Å². The largest absolute Gasteiger partial charge is 0.466 e. The number of benzene rings is 1. The van der Waals surface area contributed by atoms with Crippen molar-refractivity contribution in [3.05, 3.63) is 35.4 Å². The molecule has 1 aliphatic heterocycles. The minimum atomic E-state index is -0.102. The summed E-state index contributed by atoms with van der Waals surface area (Å²) in [6, 6.07) is 8.26. The molecule has 1 heterocycles. The second kappa shape index (κ2) is 12.9. The quantitative estimate of drug-likeness (QED) is 0.276. The highest BCUT2D eigenvalue weighted by Gasteiger charge is 2.28. The number of likely N-dealkylation sites (tertiary alicyclic amines) is 1. The number of piperidine rings is 1. The van der Waals surface area contributed by atoms with Gasteiger partial charge in [-0.2, -0.15) is 0 Å². The summed E-state index contributed by atoms with van der Waals surface area (Å²) in [5, 5.41) is 3.43. The van der Waals surface area contributed by atoms with Gasteiger partial charge in [-0.25, -0.2) is 0 Å². The summed E-state index contributed by atoms with van der Waals surface area (Å²) < 4.78 is 10.7. The normalized spacial score (nSPS) is 17.2. The van der Waals surface area contributed by atoms with E-state index < -0.39 is 0 Å². The highest BCUT2D eigenvalue weighted by Crippen LogP contribution is 2.18. The molecule has 1 atom stereocenters. The average Bonchev–Trinajstić information content (AvgIpc) is 2.68. The molecule has 1 aliphatic rings. The second-order valence-electron chi connectivity index (χ2n) is 6.34. The summed E-state index contributed by atoms with van der Waals surface area (Å²) in [5.41, 5.74) is 2.38. The van der Waals surface area contributed by atoms with Crippen molar-refractivity contribution >= 4 is 35.9 Å². The summed E-state index contributed by atoms with van der Waals surface area (Å²) in [7, 11) is 1.78. The maximum Gasteiger partial charge on any atom is 0.310 e. The lowest BCUT2D eigenvalue weighted by atomic mass is 9.98. The van der Waals surface area contributed by atoms with Crippen LogP contribution >= 0.6 is 24.0 Å². The first-order valence-electron chi connectivity index (χ1n) is 9.46. The predicted molar refractivity (Wildman–Crippen MR) is 118 cm³/mol. The number of hydrogen-bond donors (Lipinski definition) is 1. The van der Waals surface area contributed by atoms with Crippen LogP contribution in [0.5, 0.6) is 0 Å². The molecular formula is C20H32IN3O3. The maximum absolute atomic E-state index is 12.1. The standard InChI is InChI=1S/C20H31N3O3.HI/c1-4-25-15-18-10-7-6-9-16(18)13-22-20(21-3)23-12-8-11-17(14-23)19(24)26-5-2;/h6-7,9-10,17H,4-5,8,11-15H2,1-3H3,(H,21,22);1H. The Morgan fingerprint density at radius 3 is 2.67 bits per heavy atom. The number of halogens is 1. The van der Waals surface area contributed by atoms with Crippen molar-refractivity contribution in [3.8, 4) is 0 Å². The lowest BCUT2D eigenvalue weighted by Gasteiger charge is -2.34. The Hall–Kier alpha value is -1.35. The van der Waals surface area contributed by atoms with Crippen LogP contribution in [0.3, 0.4) is 0 Å². The van der Waals surface area contributed by atoms with E-state index in [1.54, 1.807) is 7.05 Å². The van der Waals surface area contributed by atoms with E-state index >= 15 is 0 Å². The monoisotopic (exact) mass is 489 g/mol. The Morgan fingerprint density at radius 1 is 1.26 bits per heavy atom. The van der Waals surface area contributed by atoms with Crippen LogP contribution in [-0.4, -0.2) is 50.2 Å². The molecule has 6 nitrogen and oxygen atoms in total. The van der Waals surface area contributed by atoms with Crippen LogP contribution in [0.1, 0.15) is 37.8 Å². The number of nitrogens with zero attached hydrogens (tertiary/aromatic N) is 2. The molecule has 0 bridgehead atoms. The van der Waals surface area contributed by atoms with Crippen molar-refractivity contribution in [1.82, 2.24) is 10.2 Å². The zero-order valence-electron chi connectivity index (χ0n) is 16.6. The molecule has 1 N–H and O–H groups in total. The first-order chi connectivity index (χ1) is 12.7. The van der Waals surface area contributed by atoms with Gasteiger partial charge in [0, 0.05) is 33.3 Å². The van der Waals surface area contributed by atoms with Crippen molar-refractivity contribution in [3.63, 3.8) is 0 Å². The topological polar surface area (TPSA) is 63.2 Å². The average molecular weight is 489 g/mol. The van der Waals surface area contributed by atoms with Crippen LogP contribution in [-0.2, 0) is 27.4 Å². The number of rotatable bonds is 7. The zero-order chi connectivity index (χ0) is 18.8. The van der Waals surface area contributed by atoms with E-state index in [2.05, 4.69) is 27.3 Å². The van der Waals surface area contributed by atoms with Gasteiger partial charge >= 0.3 is 5.97 Å². The minimum absolute atomic E-state index is 0. The molecule has 0 amide bonds. The van der Waals surface area contributed by atoms with Crippen molar-refractivity contribution < 1.29 is 14.3 Å². The van der Waals surface area contributed by atoms with Crippen molar-refractivity contribution in [2.75, 3.05) is 33.4 Å². The molecule has 1 saturated heterocycles. The Bertz CT molecular complexity index is 610. The fourth-order valence-electron chi connectivity index (χ4n) is 3.21. The Kier molecular flexibility index (Phi) is 11.3. The Morgan fingerprint density at radius 2 is 2.00 bits per heavy atom. The highest BCUT2D eigenvalue weighted by molar-refractivity contribution is 14.0. The molecule has 0 aromatic heterocycles. The van der Waals surface area contributed by atoms with Gasteiger partial charge in [0.25, 0.3) is 0 Å². The second-order valence-corrected chi connectivity index (χ2v) is 6.34. The number of carbonyl (C=O) groups excluding carboxylic acids is 1. The molecule has 0 saturated carbocycles. The molecule has 1 fully saturated rings. The number of carbonyl (C=O) groups is 1. The summed E-state index contributed by atoms with van der Waals surface area (Å²) >= 11 is 0. The van der Waals surface area contributed by atoms with Gasteiger partial charge < -0.3 is 19.7 Å². The van der Waals surface area contributed by atoms with Crippen molar-refractivity contribution in [1.29, 1.82) is 0 Å². The lowest BCUT2D eigenvalue weighted by Crippen LogP contribution is -2.48. The SMILES string of the molecule is CCOCc1ccccc1CNC(=NC)N1CCCC(C(=O)OCC)C1.I. The zero-order valence-corrected chi connectivity index (χ0v) is 18.9. The molecule has 2 rings (SSSR count). The van der Waals surface area contributed by atoms with Crippen molar-refractivity contribution in [2.45, 2.75) is 39.8 Å². The Labute approximate surface area is 179 Å². The predicted octanol–water partition coefficient (Wildman–Crippen LogP) is 3.19. The van der Waals surface area contributed by atoms with Gasteiger partial charge in [-0.3, -0.25) is 9.79 Å². The molecule has 152 valence electrons. The van der Waals surface area contributed by atoms with E-state index in [0.29, 0.717) is 32.9 Å². The van der Waals surface area contributed by atoms with Crippen LogP contribution in [0.2, 0.25) is 0 Å². The summed E-state index contributed by atoms with van der Waals surface area (Å²) in [6.45, 7) is 7.82. The van der Waals surface area contributed by atoms with Crippen LogP contribution in [0.25, 0.3) is 0 Å². The first-order valence-corrected chi connectivity index (χ1v) is 9.46. The molecule has 1 aromatic carbocycles. The first kappa shape index (κ1) is 23.7. The van der Waals surface area contributed by atoms with Gasteiger partial charge in [-0.05, 0) is 37.8 Å². The van der Waals surface area contributed by atoms with Gasteiger partial charge in [0.15, 0.2) is 5.96 Å². The van der Waals surface area contributed by atoms with E-state index in [4.69, 9.17) is 9.47 Å². The molecule has 0 spiro atoms. The number of ether oxygens (including phenoxy) is 2. The van der Waals surface area contributed by atoms with E-state index in [-0.39, 0.29) is 35.9 Å². The molecular weight excluding hydrogens is 457 g/mol. The smallest absolute Gasteiger partial charge is 0.310 e. The fraction of sp³-hybridized carbons (Fsp3) is 0.600. The molecule has 1 aromatic rings. The van der Waals surface area contributed by atoms with Crippen LogP contribution in [0, 0.1) is 5.92 Å². The molecule has 27 heavy (non-hydrogen) atoms. The Balaban J connectivity index is 0.00000364. The number of aliphatic imine (C=N–C) groups is 1. The maximum atomic E-state index is 12.1. The molecule has 1 unspecified atom stereocenters. The molecule has 0 aliphatic carbocycles. The third-order valence-corrected chi connectivity index (χ3v) is 4.57. The van der Waals surface area contributed by atoms with E-state index in [1.165, 1.54) is 11.1 Å². The highest BCUT2D eigenvalue weighted by atomic mass is 127. The van der Waals surface area contributed by atoms with Crippen LogP contribution in [0.15, 0.2) is 29.3 Å². The van der Waals surface area contributed by atoms with E-state index in [1.807, 2.05) is 26.0 Å². The summed E-state index contributed by atoms with van der Waals surface area (Å²) in [6.07, 6.45) is 1.84. The van der Waals surface area contributed by atoms with Gasteiger partial charge in [0.05, 0.1) is 19.1 Å².